The number of amides is 1. The molecule has 0 heterocycles. The first-order valence-electron chi connectivity index (χ1n) is 6.14. The molecule has 0 aromatic heterocycles. The van der Waals surface area contributed by atoms with Crippen molar-refractivity contribution in [3.8, 4) is 6.07 Å². The van der Waals surface area contributed by atoms with Crippen LogP contribution in [0.5, 0.6) is 0 Å². The van der Waals surface area contributed by atoms with Crippen molar-refractivity contribution < 1.29 is 9.18 Å². The molecule has 0 aliphatic rings. The molecule has 1 N–H and O–H groups in total. The Morgan fingerprint density at radius 1 is 1.27 bits per heavy atom. The molecule has 3 nitrogen and oxygen atoms in total. The summed E-state index contributed by atoms with van der Waals surface area (Å²) in [5.41, 5.74) is 0.263. The van der Waals surface area contributed by atoms with Crippen molar-refractivity contribution in [2.24, 2.45) is 0 Å². The van der Waals surface area contributed by atoms with Crippen molar-refractivity contribution in [2.45, 2.75) is 0 Å². The lowest BCUT2D eigenvalue weighted by Crippen LogP contribution is -2.13. The topological polar surface area (TPSA) is 52.9 Å². The van der Waals surface area contributed by atoms with Crippen LogP contribution in [0.25, 0.3) is 6.08 Å². The van der Waals surface area contributed by atoms with Crippen molar-refractivity contribution >= 4 is 45.2 Å². The number of carbonyl (C=O) groups is 1. The van der Waals surface area contributed by atoms with Gasteiger partial charge in [0.15, 0.2) is 0 Å². The first-order chi connectivity index (χ1) is 10.5. The van der Waals surface area contributed by atoms with Crippen LogP contribution >= 0.6 is 27.5 Å². The molecule has 0 saturated carbocycles. The van der Waals surface area contributed by atoms with Crippen LogP contribution in [-0.2, 0) is 4.79 Å². The first kappa shape index (κ1) is 16.2. The van der Waals surface area contributed by atoms with Crippen molar-refractivity contribution in [2.75, 3.05) is 5.32 Å². The molecule has 0 radical (unpaired) electrons. The first-order valence-corrected chi connectivity index (χ1v) is 7.31. The Bertz CT molecular complexity index is 779. The van der Waals surface area contributed by atoms with Crippen LogP contribution in [0.4, 0.5) is 10.1 Å². The maximum atomic E-state index is 13.7. The average Bonchev–Trinajstić information content (AvgIpc) is 2.49. The molecule has 0 bridgehead atoms. The highest BCUT2D eigenvalue weighted by Gasteiger charge is 2.13. The second-order valence-electron chi connectivity index (χ2n) is 4.24. The van der Waals surface area contributed by atoms with Gasteiger partial charge in [-0.3, -0.25) is 4.79 Å². The molecule has 0 saturated heterocycles. The van der Waals surface area contributed by atoms with Gasteiger partial charge in [0.05, 0.1) is 10.7 Å². The SMILES string of the molecule is N#C/C(=C\c1c(F)cccc1Cl)C(=O)Nc1ccccc1Br. The van der Waals surface area contributed by atoms with Gasteiger partial charge in [-0.15, -0.1) is 0 Å². The zero-order valence-corrected chi connectivity index (χ0v) is 13.5. The molecule has 1 amide bonds. The number of anilines is 1. The van der Waals surface area contributed by atoms with Gasteiger partial charge in [0.1, 0.15) is 17.5 Å². The highest BCUT2D eigenvalue weighted by Crippen LogP contribution is 2.24. The normalized spacial score (nSPS) is 10.9. The largest absolute Gasteiger partial charge is 0.320 e. The summed E-state index contributed by atoms with van der Waals surface area (Å²) in [5, 5.41) is 11.8. The Hall–Kier alpha value is -2.16. The van der Waals surface area contributed by atoms with Crippen LogP contribution in [0.15, 0.2) is 52.5 Å². The predicted octanol–water partition coefficient (Wildman–Crippen LogP) is 4.79. The summed E-state index contributed by atoms with van der Waals surface area (Å²) < 4.78 is 14.4. The van der Waals surface area contributed by atoms with Gasteiger partial charge in [0, 0.05) is 10.0 Å². The number of benzene rings is 2. The fourth-order valence-electron chi connectivity index (χ4n) is 1.69. The lowest BCUT2D eigenvalue weighted by Gasteiger charge is -2.07. The quantitative estimate of drug-likeness (QED) is 0.616. The Labute approximate surface area is 140 Å². The number of hydrogen-bond acceptors (Lipinski definition) is 2. The Balaban J connectivity index is 2.33. The third-order valence-electron chi connectivity index (χ3n) is 2.78. The summed E-state index contributed by atoms with van der Waals surface area (Å²) in [6.07, 6.45) is 1.13. The van der Waals surface area contributed by atoms with Gasteiger partial charge in [-0.05, 0) is 46.3 Å². The van der Waals surface area contributed by atoms with Crippen molar-refractivity contribution in [3.63, 3.8) is 0 Å². The van der Waals surface area contributed by atoms with E-state index in [4.69, 9.17) is 16.9 Å². The number of nitrogens with one attached hydrogen (secondary N) is 1. The molecule has 2 rings (SSSR count). The van der Waals surface area contributed by atoms with Gasteiger partial charge < -0.3 is 5.32 Å². The second kappa shape index (κ2) is 7.21. The van der Waals surface area contributed by atoms with Crippen LogP contribution in [0.2, 0.25) is 5.02 Å². The minimum Gasteiger partial charge on any atom is -0.320 e. The van der Waals surface area contributed by atoms with E-state index in [0.717, 1.165) is 6.08 Å². The summed E-state index contributed by atoms with van der Waals surface area (Å²) in [6.45, 7) is 0. The molecule has 6 heteroatoms. The molecular formula is C16H9BrClFN2O. The maximum Gasteiger partial charge on any atom is 0.266 e. The van der Waals surface area contributed by atoms with E-state index in [1.54, 1.807) is 30.3 Å². The lowest BCUT2D eigenvalue weighted by atomic mass is 10.1. The smallest absolute Gasteiger partial charge is 0.266 e. The van der Waals surface area contributed by atoms with E-state index in [2.05, 4.69) is 21.2 Å². The zero-order chi connectivity index (χ0) is 16.1. The number of nitrogens with zero attached hydrogens (tertiary/aromatic N) is 1. The lowest BCUT2D eigenvalue weighted by molar-refractivity contribution is -0.112. The third-order valence-corrected chi connectivity index (χ3v) is 3.80. The molecule has 0 unspecified atom stereocenters. The van der Waals surface area contributed by atoms with Crippen LogP contribution in [0, 0.1) is 17.1 Å². The van der Waals surface area contributed by atoms with Crippen molar-refractivity contribution in [3.05, 3.63) is 68.9 Å². The van der Waals surface area contributed by atoms with E-state index in [-0.39, 0.29) is 16.2 Å². The van der Waals surface area contributed by atoms with E-state index in [9.17, 15) is 9.18 Å². The number of hydrogen-bond donors (Lipinski definition) is 1. The second-order valence-corrected chi connectivity index (χ2v) is 5.50. The minimum atomic E-state index is -0.645. The predicted molar refractivity (Wildman–Crippen MR) is 87.8 cm³/mol. The summed E-state index contributed by atoms with van der Waals surface area (Å²) in [4.78, 5) is 12.1. The van der Waals surface area contributed by atoms with Gasteiger partial charge in [-0.2, -0.15) is 5.26 Å². The Morgan fingerprint density at radius 2 is 2.00 bits per heavy atom. The maximum absolute atomic E-state index is 13.7. The standard InChI is InChI=1S/C16H9BrClFN2O/c17-12-4-1-2-7-15(12)21-16(22)10(9-20)8-11-13(18)5-3-6-14(11)19/h1-8H,(H,21,22)/b10-8+. The van der Waals surface area contributed by atoms with Crippen LogP contribution < -0.4 is 5.32 Å². The van der Waals surface area contributed by atoms with Gasteiger partial charge in [-0.1, -0.05) is 29.8 Å². The summed E-state index contributed by atoms with van der Waals surface area (Å²) >= 11 is 9.18. The van der Waals surface area contributed by atoms with Crippen LogP contribution in [0.1, 0.15) is 5.56 Å². The van der Waals surface area contributed by atoms with Crippen LogP contribution in [0.3, 0.4) is 0 Å². The Morgan fingerprint density at radius 3 is 2.64 bits per heavy atom. The average molecular weight is 380 g/mol. The monoisotopic (exact) mass is 378 g/mol. The van der Waals surface area contributed by atoms with Crippen molar-refractivity contribution in [1.29, 1.82) is 5.26 Å². The molecule has 0 aliphatic heterocycles. The van der Waals surface area contributed by atoms with Crippen molar-refractivity contribution in [1.82, 2.24) is 0 Å². The molecule has 0 atom stereocenters. The molecule has 2 aromatic carbocycles. The number of para-hydroxylation sites is 1. The van der Waals surface area contributed by atoms with E-state index >= 15 is 0 Å². The van der Waals surface area contributed by atoms with E-state index in [1.165, 1.54) is 18.2 Å². The summed E-state index contributed by atoms with van der Waals surface area (Å²) in [7, 11) is 0. The molecule has 22 heavy (non-hydrogen) atoms. The number of rotatable bonds is 3. The third kappa shape index (κ3) is 3.73. The minimum absolute atomic E-state index is 0.00277. The number of carbonyl (C=O) groups excluding carboxylic acids is 1. The van der Waals surface area contributed by atoms with Gasteiger partial charge in [0.2, 0.25) is 0 Å². The molecule has 2 aromatic rings. The highest BCUT2D eigenvalue weighted by molar-refractivity contribution is 9.10. The Kier molecular flexibility index (Phi) is 5.31. The summed E-state index contributed by atoms with van der Waals surface area (Å²) in [5.74, 6) is -1.25. The van der Waals surface area contributed by atoms with E-state index < -0.39 is 11.7 Å². The zero-order valence-electron chi connectivity index (χ0n) is 11.1. The molecule has 0 spiro atoms. The number of halogens is 3. The molecule has 0 fully saturated rings. The molecule has 110 valence electrons. The van der Waals surface area contributed by atoms with Gasteiger partial charge in [0.25, 0.3) is 5.91 Å². The van der Waals surface area contributed by atoms with Gasteiger partial charge in [-0.25, -0.2) is 4.39 Å². The van der Waals surface area contributed by atoms with Gasteiger partial charge >= 0.3 is 0 Å². The van der Waals surface area contributed by atoms with Crippen LogP contribution in [-0.4, -0.2) is 5.91 Å². The molecule has 0 aliphatic carbocycles. The van der Waals surface area contributed by atoms with E-state index in [1.807, 2.05) is 0 Å². The van der Waals surface area contributed by atoms with E-state index in [0.29, 0.717) is 10.2 Å². The summed E-state index contributed by atoms with van der Waals surface area (Å²) in [6, 6.07) is 12.8. The fraction of sp³-hybridized carbons (Fsp3) is 0. The number of nitriles is 1. The molecular weight excluding hydrogens is 371 g/mol. The highest BCUT2D eigenvalue weighted by atomic mass is 79.9. The fourth-order valence-corrected chi connectivity index (χ4v) is 2.30.